The zero-order chi connectivity index (χ0) is 10.5. The highest BCUT2D eigenvalue weighted by molar-refractivity contribution is 8.01. The molecule has 3 nitrogen and oxygen atoms in total. The van der Waals surface area contributed by atoms with Crippen LogP contribution in [0.3, 0.4) is 0 Å². The van der Waals surface area contributed by atoms with Crippen LogP contribution in [0.2, 0.25) is 0 Å². The third kappa shape index (κ3) is 7.34. The lowest BCUT2D eigenvalue weighted by Crippen LogP contribution is -2.30. The fourth-order valence-corrected chi connectivity index (χ4v) is 3.25. The Morgan fingerprint density at radius 1 is 1.46 bits per heavy atom. The Hall–Kier alpha value is 0.260. The summed E-state index contributed by atoms with van der Waals surface area (Å²) in [6.45, 7) is 4.08. The fourth-order valence-electron chi connectivity index (χ4n) is 0.841. The van der Waals surface area contributed by atoms with E-state index < -0.39 is 9.84 Å². The normalized spacial score (nSPS) is 16.9. The third-order valence-electron chi connectivity index (χ3n) is 1.91. The molecule has 0 fully saturated rings. The average Bonchev–Trinajstić information content (AvgIpc) is 2.00. The first-order valence-corrected chi connectivity index (χ1v) is 7.52. The minimum atomic E-state index is -2.81. The first kappa shape index (κ1) is 13.3. The van der Waals surface area contributed by atoms with Crippen LogP contribution in [-0.4, -0.2) is 37.5 Å². The van der Waals surface area contributed by atoms with Crippen LogP contribution in [0, 0.1) is 0 Å². The summed E-state index contributed by atoms with van der Waals surface area (Å²) in [7, 11) is -2.81. The molecule has 0 aliphatic rings. The molecule has 0 heterocycles. The summed E-state index contributed by atoms with van der Waals surface area (Å²) in [4.78, 5) is 0. The Balaban J connectivity index is 3.65. The molecule has 0 saturated carbocycles. The highest BCUT2D eigenvalue weighted by atomic mass is 32.2. The van der Waals surface area contributed by atoms with E-state index in [2.05, 4.69) is 0 Å². The van der Waals surface area contributed by atoms with Gasteiger partial charge in [0.2, 0.25) is 0 Å². The molecule has 2 atom stereocenters. The Morgan fingerprint density at radius 3 is 2.38 bits per heavy atom. The van der Waals surface area contributed by atoms with Crippen molar-refractivity contribution in [3.05, 3.63) is 0 Å². The molecule has 0 aliphatic heterocycles. The second kappa shape index (κ2) is 5.88. The van der Waals surface area contributed by atoms with E-state index in [1.54, 1.807) is 11.8 Å². The summed E-state index contributed by atoms with van der Waals surface area (Å²) >= 11 is 1.63. The number of rotatable bonds is 6. The van der Waals surface area contributed by atoms with Crippen molar-refractivity contribution < 1.29 is 8.42 Å². The van der Waals surface area contributed by atoms with Crippen molar-refractivity contribution in [2.45, 2.75) is 31.6 Å². The van der Waals surface area contributed by atoms with Gasteiger partial charge in [0.05, 0.1) is 5.75 Å². The van der Waals surface area contributed by atoms with Crippen LogP contribution in [0.1, 0.15) is 20.3 Å². The number of nitrogens with two attached hydrogens (primary N) is 1. The molecule has 0 aromatic rings. The van der Waals surface area contributed by atoms with Gasteiger partial charge in [0, 0.05) is 23.3 Å². The van der Waals surface area contributed by atoms with Crippen molar-refractivity contribution in [1.82, 2.24) is 0 Å². The van der Waals surface area contributed by atoms with E-state index in [1.807, 2.05) is 13.8 Å². The van der Waals surface area contributed by atoms with E-state index >= 15 is 0 Å². The predicted molar refractivity (Wildman–Crippen MR) is 59.9 cm³/mol. The molecule has 0 radical (unpaired) electrons. The number of sulfone groups is 1. The van der Waals surface area contributed by atoms with Crippen molar-refractivity contribution in [1.29, 1.82) is 0 Å². The molecule has 0 rings (SSSR count). The summed E-state index contributed by atoms with van der Waals surface area (Å²) in [6, 6.07) is 0.171. The first-order valence-electron chi connectivity index (χ1n) is 4.41. The zero-order valence-electron chi connectivity index (χ0n) is 8.49. The smallest absolute Gasteiger partial charge is 0.148 e. The van der Waals surface area contributed by atoms with Crippen LogP contribution in [0.5, 0.6) is 0 Å². The van der Waals surface area contributed by atoms with Gasteiger partial charge < -0.3 is 5.73 Å². The van der Waals surface area contributed by atoms with Gasteiger partial charge in [0.25, 0.3) is 0 Å². The van der Waals surface area contributed by atoms with Gasteiger partial charge in [0.1, 0.15) is 9.84 Å². The van der Waals surface area contributed by atoms with Crippen molar-refractivity contribution >= 4 is 21.6 Å². The molecule has 0 saturated heterocycles. The topological polar surface area (TPSA) is 60.2 Å². The Labute approximate surface area is 85.4 Å². The van der Waals surface area contributed by atoms with Gasteiger partial charge in [-0.05, 0) is 6.42 Å². The van der Waals surface area contributed by atoms with E-state index in [0.29, 0.717) is 11.0 Å². The van der Waals surface area contributed by atoms with E-state index in [4.69, 9.17) is 5.73 Å². The molecule has 13 heavy (non-hydrogen) atoms. The molecule has 0 spiro atoms. The van der Waals surface area contributed by atoms with Crippen LogP contribution < -0.4 is 5.73 Å². The molecule has 0 amide bonds. The SMILES string of the molecule is CCC(N)C(C)SCCS(C)(=O)=O. The van der Waals surface area contributed by atoms with Crippen LogP contribution in [-0.2, 0) is 9.84 Å². The maximum absolute atomic E-state index is 10.8. The minimum Gasteiger partial charge on any atom is -0.327 e. The lowest BCUT2D eigenvalue weighted by atomic mass is 10.2. The van der Waals surface area contributed by atoms with Gasteiger partial charge in [-0.2, -0.15) is 11.8 Å². The predicted octanol–water partition coefficient (Wildman–Crippen LogP) is 0.890. The highest BCUT2D eigenvalue weighted by Gasteiger charge is 2.11. The minimum absolute atomic E-state index is 0.171. The van der Waals surface area contributed by atoms with Gasteiger partial charge in [0.15, 0.2) is 0 Å². The van der Waals surface area contributed by atoms with Crippen LogP contribution >= 0.6 is 11.8 Å². The largest absolute Gasteiger partial charge is 0.327 e. The zero-order valence-corrected chi connectivity index (χ0v) is 10.1. The van der Waals surface area contributed by atoms with Gasteiger partial charge in [-0.1, -0.05) is 13.8 Å². The molecule has 0 aromatic carbocycles. The Kier molecular flexibility index (Phi) is 6.00. The van der Waals surface area contributed by atoms with Crippen LogP contribution in [0.4, 0.5) is 0 Å². The molecule has 0 bridgehead atoms. The molecule has 2 N–H and O–H groups in total. The monoisotopic (exact) mass is 225 g/mol. The molecule has 80 valence electrons. The molecular formula is C8H19NO2S2. The first-order chi connectivity index (χ1) is 5.87. The van der Waals surface area contributed by atoms with E-state index in [-0.39, 0.29) is 11.8 Å². The van der Waals surface area contributed by atoms with Crippen LogP contribution in [0.25, 0.3) is 0 Å². The summed E-state index contributed by atoms with van der Waals surface area (Å²) in [5, 5.41) is 0.340. The van der Waals surface area contributed by atoms with Gasteiger partial charge in [-0.3, -0.25) is 0 Å². The summed E-state index contributed by atoms with van der Waals surface area (Å²) in [5.41, 5.74) is 5.80. The van der Waals surface area contributed by atoms with Crippen molar-refractivity contribution in [2.75, 3.05) is 17.8 Å². The average molecular weight is 225 g/mol. The van der Waals surface area contributed by atoms with E-state index in [9.17, 15) is 8.42 Å². The van der Waals surface area contributed by atoms with E-state index in [1.165, 1.54) is 6.26 Å². The molecule has 0 aliphatic carbocycles. The second-order valence-corrected chi connectivity index (χ2v) is 7.02. The standard InChI is InChI=1S/C8H19NO2S2/c1-4-8(9)7(2)12-5-6-13(3,10)11/h7-8H,4-6,9H2,1-3H3. The third-order valence-corrected chi connectivity index (χ3v) is 4.43. The lowest BCUT2D eigenvalue weighted by Gasteiger charge is -2.17. The molecule has 5 heteroatoms. The van der Waals surface area contributed by atoms with Crippen molar-refractivity contribution in [3.63, 3.8) is 0 Å². The quantitative estimate of drug-likeness (QED) is 0.729. The van der Waals surface area contributed by atoms with Crippen molar-refractivity contribution in [2.24, 2.45) is 5.73 Å². The Bertz CT molecular complexity index is 226. The van der Waals surface area contributed by atoms with Crippen LogP contribution in [0.15, 0.2) is 0 Å². The molecular weight excluding hydrogens is 206 g/mol. The van der Waals surface area contributed by atoms with Gasteiger partial charge in [-0.15, -0.1) is 0 Å². The van der Waals surface area contributed by atoms with Crippen molar-refractivity contribution in [3.8, 4) is 0 Å². The van der Waals surface area contributed by atoms with Gasteiger partial charge >= 0.3 is 0 Å². The summed E-state index contributed by atoms with van der Waals surface area (Å²) < 4.78 is 21.6. The highest BCUT2D eigenvalue weighted by Crippen LogP contribution is 2.14. The summed E-state index contributed by atoms with van der Waals surface area (Å²) in [6.07, 6.45) is 2.20. The molecule has 2 unspecified atom stereocenters. The fraction of sp³-hybridized carbons (Fsp3) is 1.00. The maximum Gasteiger partial charge on any atom is 0.148 e. The summed E-state index contributed by atoms with van der Waals surface area (Å²) in [5.74, 6) is 0.895. The number of thioether (sulfide) groups is 1. The molecule has 0 aromatic heterocycles. The number of hydrogen-bond acceptors (Lipinski definition) is 4. The lowest BCUT2D eigenvalue weighted by molar-refractivity contribution is 0.603. The maximum atomic E-state index is 10.8. The Morgan fingerprint density at radius 2 is 2.00 bits per heavy atom. The number of hydrogen-bond donors (Lipinski definition) is 1. The van der Waals surface area contributed by atoms with Gasteiger partial charge in [-0.25, -0.2) is 8.42 Å². The second-order valence-electron chi connectivity index (χ2n) is 3.28. The van der Waals surface area contributed by atoms with E-state index in [0.717, 1.165) is 6.42 Å².